The first-order valence-electron chi connectivity index (χ1n) is 10.0. The average Bonchev–Trinajstić information content (AvgIpc) is 3.44. The molecule has 8 heteroatoms. The normalized spacial score (nSPS) is 17.7. The average molecular weight is 392 g/mol. The monoisotopic (exact) mass is 392 g/mol. The maximum Gasteiger partial charge on any atom is 0.324 e. The van der Waals surface area contributed by atoms with Gasteiger partial charge in [-0.2, -0.15) is 0 Å². The number of urea groups is 1. The summed E-state index contributed by atoms with van der Waals surface area (Å²) in [6.45, 7) is 4.14. The van der Waals surface area contributed by atoms with E-state index in [0.717, 1.165) is 31.4 Å². The summed E-state index contributed by atoms with van der Waals surface area (Å²) in [4.78, 5) is 24.1. The second-order valence-corrected chi connectivity index (χ2v) is 7.57. The van der Waals surface area contributed by atoms with Crippen LogP contribution in [-0.4, -0.2) is 43.1 Å². The highest BCUT2D eigenvalue weighted by atomic mass is 19.1. The molecular weight excluding hydrogens is 363 g/mol. The Balaban J connectivity index is 1.29. The summed E-state index contributed by atoms with van der Waals surface area (Å²) in [7, 11) is 0. The number of carbonyl (C=O) groups is 2. The third kappa shape index (κ3) is 6.17. The van der Waals surface area contributed by atoms with Gasteiger partial charge in [0.2, 0.25) is 5.91 Å². The number of imide groups is 1. The third-order valence-corrected chi connectivity index (χ3v) is 5.04. The van der Waals surface area contributed by atoms with Crippen LogP contribution in [0.1, 0.15) is 50.6 Å². The molecule has 1 unspecified atom stereocenters. The Morgan fingerprint density at radius 2 is 2.11 bits per heavy atom. The first kappa shape index (κ1) is 20.5. The van der Waals surface area contributed by atoms with Gasteiger partial charge in [0.25, 0.3) is 0 Å². The van der Waals surface area contributed by atoms with E-state index in [0.29, 0.717) is 24.8 Å². The molecule has 154 valence electrons. The van der Waals surface area contributed by atoms with Crippen LogP contribution in [-0.2, 0) is 4.79 Å². The highest BCUT2D eigenvalue weighted by molar-refractivity contribution is 6.01. The third-order valence-electron chi connectivity index (χ3n) is 5.04. The number of carbonyl (C=O) groups excluding carboxylic acids is 2. The largest absolute Gasteiger partial charge is 0.490 e. The molecule has 3 rings (SSSR count). The fourth-order valence-corrected chi connectivity index (χ4v) is 3.06. The van der Waals surface area contributed by atoms with Crippen molar-refractivity contribution in [2.45, 2.75) is 45.1 Å². The standard InChI is InChI=1S/C20H29FN4O3/c1-14(16-7-8-17(21)18(11-16)28-13-15-5-6-15)24-22-9-3-2-4-10-25-12-19(26)23-20(25)27/h7-8,11,14-15,22,24H,2-6,9-10,12-13H2,1H3,(H,23,26,27). The summed E-state index contributed by atoms with van der Waals surface area (Å²) in [5.74, 6) is 0.354. The molecule has 0 radical (unpaired) electrons. The SMILES string of the molecule is CC(NNCCCCCN1CC(=O)NC1=O)c1ccc(F)c(OCC2CC2)c1. The van der Waals surface area contributed by atoms with Gasteiger partial charge in [0, 0.05) is 19.1 Å². The number of unbranched alkanes of at least 4 members (excludes halogenated alkanes) is 2. The van der Waals surface area contributed by atoms with Crippen LogP contribution in [0.25, 0.3) is 0 Å². The Morgan fingerprint density at radius 3 is 2.82 bits per heavy atom. The summed E-state index contributed by atoms with van der Waals surface area (Å²) >= 11 is 0. The van der Waals surface area contributed by atoms with Gasteiger partial charge in [-0.15, -0.1) is 0 Å². The number of hydrogen-bond donors (Lipinski definition) is 3. The Hall–Kier alpha value is -2.19. The lowest BCUT2D eigenvalue weighted by molar-refractivity contribution is -0.118. The van der Waals surface area contributed by atoms with Gasteiger partial charge < -0.3 is 9.64 Å². The van der Waals surface area contributed by atoms with Crippen molar-refractivity contribution in [3.63, 3.8) is 0 Å². The molecule has 1 atom stereocenters. The van der Waals surface area contributed by atoms with Crippen LogP contribution >= 0.6 is 0 Å². The molecule has 28 heavy (non-hydrogen) atoms. The zero-order valence-electron chi connectivity index (χ0n) is 16.3. The summed E-state index contributed by atoms with van der Waals surface area (Å²) in [5.41, 5.74) is 7.37. The number of benzene rings is 1. The molecule has 1 aliphatic heterocycles. The van der Waals surface area contributed by atoms with Gasteiger partial charge in [0.05, 0.1) is 6.61 Å². The number of hydrogen-bond acceptors (Lipinski definition) is 5. The quantitative estimate of drug-likeness (QED) is 0.289. The van der Waals surface area contributed by atoms with Crippen molar-refractivity contribution < 1.29 is 18.7 Å². The Kier molecular flexibility index (Phi) is 7.22. The van der Waals surface area contributed by atoms with E-state index >= 15 is 0 Å². The van der Waals surface area contributed by atoms with Gasteiger partial charge in [-0.25, -0.2) is 9.18 Å². The predicted octanol–water partition coefficient (Wildman–Crippen LogP) is 2.49. The maximum atomic E-state index is 13.9. The lowest BCUT2D eigenvalue weighted by Crippen LogP contribution is -2.35. The second-order valence-electron chi connectivity index (χ2n) is 7.57. The minimum atomic E-state index is -0.321. The molecule has 1 heterocycles. The zero-order valence-corrected chi connectivity index (χ0v) is 16.3. The molecule has 0 aromatic heterocycles. The van der Waals surface area contributed by atoms with Crippen molar-refractivity contribution in [2.24, 2.45) is 5.92 Å². The van der Waals surface area contributed by atoms with E-state index in [2.05, 4.69) is 16.2 Å². The number of ether oxygens (including phenoxy) is 1. The highest BCUT2D eigenvalue weighted by Crippen LogP contribution is 2.31. The van der Waals surface area contributed by atoms with Crippen molar-refractivity contribution in [1.82, 2.24) is 21.1 Å². The minimum absolute atomic E-state index is 0.0168. The summed E-state index contributed by atoms with van der Waals surface area (Å²) in [6, 6.07) is 4.71. The van der Waals surface area contributed by atoms with Crippen LogP contribution in [0, 0.1) is 11.7 Å². The van der Waals surface area contributed by atoms with E-state index in [-0.39, 0.29) is 30.3 Å². The van der Waals surface area contributed by atoms with E-state index in [1.54, 1.807) is 12.1 Å². The van der Waals surface area contributed by atoms with E-state index in [1.807, 2.05) is 6.92 Å². The highest BCUT2D eigenvalue weighted by Gasteiger charge is 2.25. The van der Waals surface area contributed by atoms with Crippen molar-refractivity contribution in [2.75, 3.05) is 26.2 Å². The number of amides is 3. The number of nitrogens with zero attached hydrogens (tertiary/aromatic N) is 1. The lowest BCUT2D eigenvalue weighted by atomic mass is 10.1. The van der Waals surface area contributed by atoms with Crippen LogP contribution in [0.2, 0.25) is 0 Å². The minimum Gasteiger partial charge on any atom is -0.490 e. The molecule has 3 N–H and O–H groups in total. The number of nitrogens with one attached hydrogen (secondary N) is 3. The molecule has 1 saturated carbocycles. The van der Waals surface area contributed by atoms with Gasteiger partial charge in [0.15, 0.2) is 11.6 Å². The summed E-state index contributed by atoms with van der Waals surface area (Å²) < 4.78 is 19.5. The fourth-order valence-electron chi connectivity index (χ4n) is 3.06. The second kappa shape index (κ2) is 9.84. The van der Waals surface area contributed by atoms with Crippen molar-refractivity contribution >= 4 is 11.9 Å². The van der Waals surface area contributed by atoms with Gasteiger partial charge >= 0.3 is 6.03 Å². The molecule has 3 amide bonds. The summed E-state index contributed by atoms with van der Waals surface area (Å²) in [5, 5.41) is 2.27. The number of rotatable bonds is 12. The van der Waals surface area contributed by atoms with E-state index in [9.17, 15) is 14.0 Å². The molecule has 0 spiro atoms. The summed E-state index contributed by atoms with van der Waals surface area (Å²) in [6.07, 6.45) is 5.11. The maximum absolute atomic E-state index is 13.9. The van der Waals surface area contributed by atoms with Gasteiger partial charge in [-0.05, 0) is 56.2 Å². The van der Waals surface area contributed by atoms with E-state index in [1.165, 1.54) is 23.8 Å². The van der Waals surface area contributed by atoms with Crippen molar-refractivity contribution in [3.05, 3.63) is 29.6 Å². The van der Waals surface area contributed by atoms with Crippen molar-refractivity contribution in [3.8, 4) is 5.75 Å². The van der Waals surface area contributed by atoms with Gasteiger partial charge in [-0.3, -0.25) is 21.0 Å². The molecule has 1 saturated heterocycles. The number of halogens is 1. The first-order chi connectivity index (χ1) is 13.5. The van der Waals surface area contributed by atoms with E-state index < -0.39 is 0 Å². The van der Waals surface area contributed by atoms with Crippen LogP contribution in [0.5, 0.6) is 5.75 Å². The van der Waals surface area contributed by atoms with Gasteiger partial charge in [-0.1, -0.05) is 12.5 Å². The first-order valence-corrected chi connectivity index (χ1v) is 10.0. The Morgan fingerprint density at radius 1 is 1.29 bits per heavy atom. The molecule has 2 aliphatic rings. The predicted molar refractivity (Wildman–Crippen MR) is 103 cm³/mol. The molecule has 2 fully saturated rings. The lowest BCUT2D eigenvalue weighted by Gasteiger charge is -2.17. The van der Waals surface area contributed by atoms with Crippen molar-refractivity contribution in [1.29, 1.82) is 0 Å². The smallest absolute Gasteiger partial charge is 0.324 e. The molecule has 1 aromatic carbocycles. The number of hydrazine groups is 1. The van der Waals surface area contributed by atoms with Gasteiger partial charge in [0.1, 0.15) is 6.54 Å². The van der Waals surface area contributed by atoms with Crippen LogP contribution in [0.4, 0.5) is 9.18 Å². The Bertz CT molecular complexity index is 696. The molecule has 1 aromatic rings. The topological polar surface area (TPSA) is 82.7 Å². The Labute approximate surface area is 165 Å². The van der Waals surface area contributed by atoms with Crippen LogP contribution in [0.3, 0.4) is 0 Å². The molecule has 1 aliphatic carbocycles. The zero-order chi connectivity index (χ0) is 19.9. The van der Waals surface area contributed by atoms with Crippen LogP contribution in [0.15, 0.2) is 18.2 Å². The molecule has 7 nitrogen and oxygen atoms in total. The van der Waals surface area contributed by atoms with Crippen LogP contribution < -0.4 is 20.9 Å². The fraction of sp³-hybridized carbons (Fsp3) is 0.600. The van der Waals surface area contributed by atoms with E-state index in [4.69, 9.17) is 4.74 Å². The molecule has 0 bridgehead atoms. The molecular formula is C20H29FN4O3.